The molecular formula is C12H20Cl2N2. The van der Waals surface area contributed by atoms with E-state index in [0.717, 1.165) is 13.1 Å². The minimum atomic E-state index is 0. The smallest absolute Gasteiger partial charge is 0.0234 e. The molecule has 0 bridgehead atoms. The first-order valence-corrected chi connectivity index (χ1v) is 5.42. The Morgan fingerprint density at radius 2 is 1.75 bits per heavy atom. The largest absolute Gasteiger partial charge is 0.315 e. The fourth-order valence-electron chi connectivity index (χ4n) is 1.90. The molecule has 0 atom stereocenters. The van der Waals surface area contributed by atoms with Gasteiger partial charge in [0.05, 0.1) is 0 Å². The lowest BCUT2D eigenvalue weighted by atomic mass is 10.2. The van der Waals surface area contributed by atoms with Crippen molar-refractivity contribution >= 4 is 24.8 Å². The normalized spacial score (nSPS) is 16.8. The lowest BCUT2D eigenvalue weighted by molar-refractivity contribution is 0.284. The molecule has 16 heavy (non-hydrogen) atoms. The first-order chi connectivity index (χ1) is 6.95. The third kappa shape index (κ3) is 5.17. The zero-order chi connectivity index (χ0) is 9.64. The quantitative estimate of drug-likeness (QED) is 0.881. The van der Waals surface area contributed by atoms with Crippen molar-refractivity contribution in [3.8, 4) is 0 Å². The van der Waals surface area contributed by atoms with Crippen LogP contribution in [0.25, 0.3) is 0 Å². The van der Waals surface area contributed by atoms with E-state index in [0.29, 0.717) is 0 Å². The SMILES string of the molecule is Cl.Cl.c1ccc(CN2CCCNCC2)cc1. The molecule has 0 saturated carbocycles. The minimum Gasteiger partial charge on any atom is -0.315 e. The Bertz CT molecular complexity index is 259. The van der Waals surface area contributed by atoms with Gasteiger partial charge in [-0.2, -0.15) is 0 Å². The van der Waals surface area contributed by atoms with E-state index in [-0.39, 0.29) is 24.8 Å². The van der Waals surface area contributed by atoms with Crippen molar-refractivity contribution in [3.63, 3.8) is 0 Å². The van der Waals surface area contributed by atoms with Crippen LogP contribution in [-0.2, 0) is 6.54 Å². The number of benzene rings is 1. The molecule has 0 unspecified atom stereocenters. The zero-order valence-corrected chi connectivity index (χ0v) is 11.0. The lowest BCUT2D eigenvalue weighted by Gasteiger charge is -2.19. The highest BCUT2D eigenvalue weighted by Crippen LogP contribution is 2.05. The van der Waals surface area contributed by atoms with Gasteiger partial charge in [0.1, 0.15) is 0 Å². The molecule has 2 rings (SSSR count). The van der Waals surface area contributed by atoms with Crippen LogP contribution in [0.15, 0.2) is 30.3 Å². The van der Waals surface area contributed by atoms with E-state index in [2.05, 4.69) is 40.5 Å². The molecule has 1 saturated heterocycles. The summed E-state index contributed by atoms with van der Waals surface area (Å²) in [6, 6.07) is 10.7. The molecule has 0 amide bonds. The molecule has 1 heterocycles. The number of rotatable bonds is 2. The van der Waals surface area contributed by atoms with E-state index in [1.54, 1.807) is 0 Å². The first-order valence-electron chi connectivity index (χ1n) is 5.42. The summed E-state index contributed by atoms with van der Waals surface area (Å²) in [4.78, 5) is 2.52. The Kier molecular flexibility index (Phi) is 8.67. The molecule has 0 aromatic heterocycles. The molecule has 1 aliphatic heterocycles. The third-order valence-electron chi connectivity index (χ3n) is 2.68. The highest BCUT2D eigenvalue weighted by molar-refractivity contribution is 5.85. The van der Waals surface area contributed by atoms with E-state index in [4.69, 9.17) is 0 Å². The fraction of sp³-hybridized carbons (Fsp3) is 0.500. The molecule has 1 aliphatic rings. The van der Waals surface area contributed by atoms with Gasteiger partial charge in [-0.05, 0) is 25.1 Å². The Morgan fingerprint density at radius 3 is 2.50 bits per heavy atom. The van der Waals surface area contributed by atoms with Crippen molar-refractivity contribution in [2.24, 2.45) is 0 Å². The molecule has 0 spiro atoms. The van der Waals surface area contributed by atoms with Crippen LogP contribution in [0.2, 0.25) is 0 Å². The molecule has 92 valence electrons. The molecule has 4 heteroatoms. The predicted molar refractivity (Wildman–Crippen MR) is 73.7 cm³/mol. The summed E-state index contributed by atoms with van der Waals surface area (Å²) in [6.45, 7) is 5.80. The summed E-state index contributed by atoms with van der Waals surface area (Å²) in [5, 5.41) is 3.42. The average molecular weight is 263 g/mol. The molecule has 0 radical (unpaired) electrons. The van der Waals surface area contributed by atoms with Gasteiger partial charge >= 0.3 is 0 Å². The Hall–Kier alpha value is -0.280. The molecular weight excluding hydrogens is 243 g/mol. The van der Waals surface area contributed by atoms with E-state index in [9.17, 15) is 0 Å². The molecule has 1 aromatic rings. The Labute approximate surface area is 110 Å². The van der Waals surface area contributed by atoms with Gasteiger partial charge in [0.15, 0.2) is 0 Å². The van der Waals surface area contributed by atoms with Gasteiger partial charge in [0, 0.05) is 19.6 Å². The average Bonchev–Trinajstić information content (AvgIpc) is 2.48. The lowest BCUT2D eigenvalue weighted by Crippen LogP contribution is -2.27. The van der Waals surface area contributed by atoms with E-state index >= 15 is 0 Å². The summed E-state index contributed by atoms with van der Waals surface area (Å²) >= 11 is 0. The Balaban J connectivity index is 0.00000112. The highest BCUT2D eigenvalue weighted by atomic mass is 35.5. The van der Waals surface area contributed by atoms with E-state index in [1.807, 2.05) is 0 Å². The van der Waals surface area contributed by atoms with Crippen LogP contribution in [0.3, 0.4) is 0 Å². The predicted octanol–water partition coefficient (Wildman–Crippen LogP) is 2.33. The van der Waals surface area contributed by atoms with Crippen molar-refractivity contribution < 1.29 is 0 Å². The van der Waals surface area contributed by atoms with Crippen molar-refractivity contribution in [1.82, 2.24) is 10.2 Å². The second-order valence-electron chi connectivity index (χ2n) is 3.87. The summed E-state index contributed by atoms with van der Waals surface area (Å²) in [7, 11) is 0. The van der Waals surface area contributed by atoms with Gasteiger partial charge in [0.2, 0.25) is 0 Å². The molecule has 2 nitrogen and oxygen atoms in total. The number of halogens is 2. The highest BCUT2D eigenvalue weighted by Gasteiger charge is 2.07. The summed E-state index contributed by atoms with van der Waals surface area (Å²) in [5.41, 5.74) is 1.43. The van der Waals surface area contributed by atoms with Gasteiger partial charge in [-0.25, -0.2) is 0 Å². The molecule has 0 aliphatic carbocycles. The van der Waals surface area contributed by atoms with Crippen molar-refractivity contribution in [2.75, 3.05) is 26.2 Å². The zero-order valence-electron chi connectivity index (χ0n) is 9.39. The third-order valence-corrected chi connectivity index (χ3v) is 2.68. The topological polar surface area (TPSA) is 15.3 Å². The first kappa shape index (κ1) is 15.7. The van der Waals surface area contributed by atoms with Crippen LogP contribution in [0.4, 0.5) is 0 Å². The van der Waals surface area contributed by atoms with Crippen LogP contribution >= 0.6 is 24.8 Å². The van der Waals surface area contributed by atoms with Crippen LogP contribution < -0.4 is 5.32 Å². The van der Waals surface area contributed by atoms with Crippen LogP contribution in [0.5, 0.6) is 0 Å². The summed E-state index contributed by atoms with van der Waals surface area (Å²) < 4.78 is 0. The van der Waals surface area contributed by atoms with E-state index in [1.165, 1.54) is 31.6 Å². The van der Waals surface area contributed by atoms with Crippen LogP contribution in [0.1, 0.15) is 12.0 Å². The summed E-state index contributed by atoms with van der Waals surface area (Å²) in [5.74, 6) is 0. The van der Waals surface area contributed by atoms with Crippen LogP contribution in [0, 0.1) is 0 Å². The Morgan fingerprint density at radius 1 is 1.00 bits per heavy atom. The molecule has 1 aromatic carbocycles. The maximum atomic E-state index is 3.42. The number of hydrogen-bond acceptors (Lipinski definition) is 2. The van der Waals surface area contributed by atoms with Crippen molar-refractivity contribution in [1.29, 1.82) is 0 Å². The monoisotopic (exact) mass is 262 g/mol. The molecule has 1 N–H and O–H groups in total. The molecule has 1 fully saturated rings. The minimum absolute atomic E-state index is 0. The summed E-state index contributed by atoms with van der Waals surface area (Å²) in [6.07, 6.45) is 1.27. The standard InChI is InChI=1S/C12H18N2.2ClH/c1-2-5-12(6-3-1)11-14-9-4-7-13-8-10-14;;/h1-3,5-6,13H,4,7-11H2;2*1H. The second kappa shape index (κ2) is 8.82. The van der Waals surface area contributed by atoms with Crippen molar-refractivity contribution in [2.45, 2.75) is 13.0 Å². The maximum Gasteiger partial charge on any atom is 0.0234 e. The van der Waals surface area contributed by atoms with Crippen molar-refractivity contribution in [3.05, 3.63) is 35.9 Å². The van der Waals surface area contributed by atoms with Gasteiger partial charge < -0.3 is 5.32 Å². The van der Waals surface area contributed by atoms with Gasteiger partial charge in [-0.1, -0.05) is 30.3 Å². The number of hydrogen-bond donors (Lipinski definition) is 1. The maximum absolute atomic E-state index is 3.42. The number of nitrogens with one attached hydrogen (secondary N) is 1. The second-order valence-corrected chi connectivity index (χ2v) is 3.87. The van der Waals surface area contributed by atoms with Gasteiger partial charge in [-0.15, -0.1) is 24.8 Å². The van der Waals surface area contributed by atoms with E-state index < -0.39 is 0 Å². The van der Waals surface area contributed by atoms with Gasteiger partial charge in [-0.3, -0.25) is 4.90 Å². The van der Waals surface area contributed by atoms with Gasteiger partial charge in [0.25, 0.3) is 0 Å². The number of nitrogens with zero attached hydrogens (tertiary/aromatic N) is 1. The van der Waals surface area contributed by atoms with Crippen LogP contribution in [-0.4, -0.2) is 31.1 Å². The fourth-order valence-corrected chi connectivity index (χ4v) is 1.90.